The van der Waals surface area contributed by atoms with Crippen LogP contribution in [-0.2, 0) is 6.54 Å². The molecular formula is C16H19N3O2. The highest BCUT2D eigenvalue weighted by molar-refractivity contribution is 6.06. The van der Waals surface area contributed by atoms with Crippen LogP contribution in [0.5, 0.6) is 5.88 Å². The zero-order valence-electron chi connectivity index (χ0n) is 12.2. The fourth-order valence-corrected chi connectivity index (χ4v) is 1.97. The van der Waals surface area contributed by atoms with Crippen LogP contribution in [0.1, 0.15) is 22.8 Å². The molecular weight excluding hydrogens is 266 g/mol. The maximum atomic E-state index is 12.4. The summed E-state index contributed by atoms with van der Waals surface area (Å²) in [6.07, 6.45) is 1.59. The van der Waals surface area contributed by atoms with Crippen LogP contribution >= 0.6 is 0 Å². The normalized spacial score (nSPS) is 10.2. The maximum absolute atomic E-state index is 12.4. The van der Waals surface area contributed by atoms with Crippen molar-refractivity contribution in [1.29, 1.82) is 0 Å². The van der Waals surface area contributed by atoms with E-state index in [1.165, 1.54) is 7.11 Å². The lowest BCUT2D eigenvalue weighted by Crippen LogP contribution is -2.17. The molecule has 0 saturated carbocycles. The highest BCUT2D eigenvalue weighted by Gasteiger charge is 2.14. The molecule has 2 rings (SSSR count). The number of para-hydroxylation sites is 1. The minimum atomic E-state index is -0.233. The van der Waals surface area contributed by atoms with Gasteiger partial charge in [0, 0.05) is 18.4 Å². The van der Waals surface area contributed by atoms with E-state index in [0.717, 1.165) is 17.8 Å². The molecule has 0 unspecified atom stereocenters. The number of amides is 1. The van der Waals surface area contributed by atoms with Crippen LogP contribution < -0.4 is 15.4 Å². The zero-order chi connectivity index (χ0) is 15.1. The Kier molecular flexibility index (Phi) is 5.29. The van der Waals surface area contributed by atoms with Crippen LogP contribution in [0.3, 0.4) is 0 Å². The number of hydrogen-bond donors (Lipinski definition) is 2. The Hall–Kier alpha value is -2.40. The number of nitrogens with zero attached hydrogens (tertiary/aromatic N) is 1. The van der Waals surface area contributed by atoms with Gasteiger partial charge in [-0.1, -0.05) is 25.1 Å². The second kappa shape index (κ2) is 7.40. The van der Waals surface area contributed by atoms with Crippen LogP contribution in [0.4, 0.5) is 5.69 Å². The number of methoxy groups -OCH3 is 1. The van der Waals surface area contributed by atoms with Crippen molar-refractivity contribution in [3.63, 3.8) is 0 Å². The Morgan fingerprint density at radius 3 is 2.81 bits per heavy atom. The second-order valence-electron chi connectivity index (χ2n) is 4.45. The zero-order valence-corrected chi connectivity index (χ0v) is 12.2. The fraction of sp³-hybridized carbons (Fsp3) is 0.250. The molecule has 5 heteroatoms. The third-order valence-corrected chi connectivity index (χ3v) is 3.04. The fourth-order valence-electron chi connectivity index (χ4n) is 1.97. The van der Waals surface area contributed by atoms with E-state index in [-0.39, 0.29) is 5.91 Å². The van der Waals surface area contributed by atoms with Crippen LogP contribution in [0, 0.1) is 0 Å². The average Bonchev–Trinajstić information content (AvgIpc) is 2.54. The lowest BCUT2D eigenvalue weighted by atomic mass is 10.1. The topological polar surface area (TPSA) is 63.2 Å². The van der Waals surface area contributed by atoms with Crippen molar-refractivity contribution in [2.75, 3.05) is 19.0 Å². The molecule has 0 bridgehead atoms. The molecule has 0 aliphatic rings. The minimum absolute atomic E-state index is 0.233. The monoisotopic (exact) mass is 285 g/mol. The molecule has 0 radical (unpaired) electrons. The first-order chi connectivity index (χ1) is 10.3. The molecule has 0 saturated heterocycles. The SMILES string of the molecule is CCNCc1ccccc1NC(=O)c1cccnc1OC. The summed E-state index contributed by atoms with van der Waals surface area (Å²) in [4.78, 5) is 16.4. The maximum Gasteiger partial charge on any atom is 0.261 e. The number of rotatable bonds is 6. The van der Waals surface area contributed by atoms with Crippen molar-refractivity contribution in [3.8, 4) is 5.88 Å². The van der Waals surface area contributed by atoms with Crippen molar-refractivity contribution < 1.29 is 9.53 Å². The third-order valence-electron chi connectivity index (χ3n) is 3.04. The van der Waals surface area contributed by atoms with E-state index >= 15 is 0 Å². The summed E-state index contributed by atoms with van der Waals surface area (Å²) in [5.74, 6) is 0.0862. The van der Waals surface area contributed by atoms with Crippen LogP contribution in [0.15, 0.2) is 42.6 Å². The van der Waals surface area contributed by atoms with Gasteiger partial charge >= 0.3 is 0 Å². The van der Waals surface area contributed by atoms with E-state index in [1.54, 1.807) is 18.3 Å². The standard InChI is InChI=1S/C16H19N3O2/c1-3-17-11-12-7-4-5-9-14(12)19-15(20)13-8-6-10-18-16(13)21-2/h4-10,17H,3,11H2,1-2H3,(H,19,20). The third kappa shape index (κ3) is 3.79. The van der Waals surface area contributed by atoms with E-state index in [4.69, 9.17) is 4.74 Å². The smallest absolute Gasteiger partial charge is 0.261 e. The summed E-state index contributed by atoms with van der Waals surface area (Å²) in [7, 11) is 1.50. The molecule has 5 nitrogen and oxygen atoms in total. The van der Waals surface area contributed by atoms with E-state index in [9.17, 15) is 4.79 Å². The number of hydrogen-bond acceptors (Lipinski definition) is 4. The van der Waals surface area contributed by atoms with E-state index in [0.29, 0.717) is 18.0 Å². The highest BCUT2D eigenvalue weighted by Crippen LogP contribution is 2.19. The minimum Gasteiger partial charge on any atom is -0.480 e. The molecule has 2 aromatic rings. The first-order valence-electron chi connectivity index (χ1n) is 6.85. The molecule has 21 heavy (non-hydrogen) atoms. The van der Waals surface area contributed by atoms with Gasteiger partial charge in [0.05, 0.1) is 7.11 Å². The van der Waals surface area contributed by atoms with Gasteiger partial charge in [-0.3, -0.25) is 4.79 Å². The Morgan fingerprint density at radius 2 is 2.05 bits per heavy atom. The summed E-state index contributed by atoms with van der Waals surface area (Å²) < 4.78 is 5.12. The van der Waals surface area contributed by atoms with Crippen LogP contribution in [0.25, 0.3) is 0 Å². The molecule has 1 amide bonds. The van der Waals surface area contributed by atoms with Crippen LogP contribution in [-0.4, -0.2) is 24.5 Å². The van der Waals surface area contributed by atoms with Gasteiger partial charge in [0.15, 0.2) is 0 Å². The van der Waals surface area contributed by atoms with E-state index in [1.807, 2.05) is 31.2 Å². The lowest BCUT2D eigenvalue weighted by molar-refractivity contribution is 0.102. The number of ether oxygens (including phenoxy) is 1. The molecule has 2 N–H and O–H groups in total. The number of aromatic nitrogens is 1. The molecule has 1 aromatic heterocycles. The van der Waals surface area contributed by atoms with Gasteiger partial charge in [0.1, 0.15) is 5.56 Å². The predicted octanol–water partition coefficient (Wildman–Crippen LogP) is 2.45. The molecule has 0 fully saturated rings. The largest absolute Gasteiger partial charge is 0.480 e. The summed E-state index contributed by atoms with van der Waals surface area (Å²) >= 11 is 0. The first kappa shape index (κ1) is 15.0. The number of carbonyl (C=O) groups is 1. The number of nitrogens with one attached hydrogen (secondary N) is 2. The Morgan fingerprint density at radius 1 is 1.24 bits per heavy atom. The van der Waals surface area contributed by atoms with E-state index in [2.05, 4.69) is 15.6 Å². The summed E-state index contributed by atoms with van der Waals surface area (Å²) in [5.41, 5.74) is 2.24. The van der Waals surface area contributed by atoms with Gasteiger partial charge in [-0.05, 0) is 30.3 Å². The summed E-state index contributed by atoms with van der Waals surface area (Å²) in [6.45, 7) is 3.62. The van der Waals surface area contributed by atoms with Gasteiger partial charge in [-0.2, -0.15) is 0 Å². The molecule has 0 atom stereocenters. The Labute approximate surface area is 124 Å². The van der Waals surface area contributed by atoms with Gasteiger partial charge in [-0.15, -0.1) is 0 Å². The van der Waals surface area contributed by atoms with Crippen molar-refractivity contribution in [2.24, 2.45) is 0 Å². The average molecular weight is 285 g/mol. The highest BCUT2D eigenvalue weighted by atomic mass is 16.5. The second-order valence-corrected chi connectivity index (χ2v) is 4.45. The Balaban J connectivity index is 2.19. The lowest BCUT2D eigenvalue weighted by Gasteiger charge is -2.12. The number of benzene rings is 1. The summed E-state index contributed by atoms with van der Waals surface area (Å²) in [6, 6.07) is 11.1. The van der Waals surface area contributed by atoms with Gasteiger partial charge < -0.3 is 15.4 Å². The molecule has 0 spiro atoms. The molecule has 1 aromatic carbocycles. The molecule has 0 aliphatic carbocycles. The van der Waals surface area contributed by atoms with Crippen molar-refractivity contribution in [1.82, 2.24) is 10.3 Å². The molecule has 0 aliphatic heterocycles. The van der Waals surface area contributed by atoms with Crippen LogP contribution in [0.2, 0.25) is 0 Å². The van der Waals surface area contributed by atoms with Crippen molar-refractivity contribution in [2.45, 2.75) is 13.5 Å². The Bertz CT molecular complexity index is 614. The number of carbonyl (C=O) groups excluding carboxylic acids is 1. The molecule has 110 valence electrons. The quantitative estimate of drug-likeness (QED) is 0.855. The van der Waals surface area contributed by atoms with Crippen molar-refractivity contribution in [3.05, 3.63) is 53.7 Å². The van der Waals surface area contributed by atoms with Crippen molar-refractivity contribution >= 4 is 11.6 Å². The predicted molar refractivity (Wildman–Crippen MR) is 82.6 cm³/mol. The number of pyridine rings is 1. The van der Waals surface area contributed by atoms with Gasteiger partial charge in [-0.25, -0.2) is 4.98 Å². The van der Waals surface area contributed by atoms with Gasteiger partial charge in [0.25, 0.3) is 5.91 Å². The van der Waals surface area contributed by atoms with Gasteiger partial charge in [0.2, 0.25) is 5.88 Å². The van der Waals surface area contributed by atoms with E-state index < -0.39 is 0 Å². The summed E-state index contributed by atoms with van der Waals surface area (Å²) in [5, 5.41) is 6.16. The first-order valence-corrected chi connectivity index (χ1v) is 6.85. The number of anilines is 1. The molecule has 1 heterocycles.